The summed E-state index contributed by atoms with van der Waals surface area (Å²) in [6.45, 7) is 8.43. The van der Waals surface area contributed by atoms with Crippen LogP contribution in [0.2, 0.25) is 0 Å². The Balaban J connectivity index is 4.55. The van der Waals surface area contributed by atoms with Gasteiger partial charge in [0.05, 0.1) is 5.54 Å². The van der Waals surface area contributed by atoms with Crippen molar-refractivity contribution in [3.63, 3.8) is 0 Å². The maximum atomic E-state index is 12.2. The summed E-state index contributed by atoms with van der Waals surface area (Å²) < 4.78 is 0. The predicted octanol–water partition coefficient (Wildman–Crippen LogP) is 4.12. The van der Waals surface area contributed by atoms with Gasteiger partial charge < -0.3 is 5.32 Å². The molecule has 17 heavy (non-hydrogen) atoms. The van der Waals surface area contributed by atoms with E-state index in [0.717, 1.165) is 38.5 Å². The summed E-state index contributed by atoms with van der Waals surface area (Å²) in [5.41, 5.74) is -0.210. The number of amides is 1. The van der Waals surface area contributed by atoms with Crippen molar-refractivity contribution in [3.8, 4) is 0 Å². The molecule has 0 unspecified atom stereocenters. The van der Waals surface area contributed by atoms with Crippen LogP contribution in [0.3, 0.4) is 0 Å². The summed E-state index contributed by atoms with van der Waals surface area (Å²) in [5, 5.41) is 3.18. The van der Waals surface area contributed by atoms with Crippen LogP contribution in [0.4, 0.5) is 0 Å². The molecule has 0 aliphatic carbocycles. The number of nitrogens with one attached hydrogen (secondary N) is 1. The lowest BCUT2D eigenvalue weighted by Crippen LogP contribution is -2.51. The van der Waals surface area contributed by atoms with Gasteiger partial charge >= 0.3 is 0 Å². The normalized spacial score (nSPS) is 11.9. The van der Waals surface area contributed by atoms with Crippen LogP contribution in [0.15, 0.2) is 0 Å². The molecule has 0 saturated carbocycles. The molecule has 0 heterocycles. The van der Waals surface area contributed by atoms with Crippen molar-refractivity contribution in [2.24, 2.45) is 5.92 Å². The number of carbonyl (C=O) groups excluding carboxylic acids is 1. The van der Waals surface area contributed by atoms with E-state index in [1.807, 2.05) is 0 Å². The first-order valence-electron chi connectivity index (χ1n) is 6.97. The Morgan fingerprint density at radius 1 is 1.12 bits per heavy atom. The Morgan fingerprint density at radius 3 is 1.88 bits per heavy atom. The van der Waals surface area contributed by atoms with Crippen molar-refractivity contribution in [2.45, 2.75) is 71.8 Å². The third-order valence-corrected chi connectivity index (χ3v) is 4.15. The van der Waals surface area contributed by atoms with Gasteiger partial charge in [-0.25, -0.2) is 0 Å². The number of hydrogen-bond acceptors (Lipinski definition) is 1. The van der Waals surface area contributed by atoms with Crippen LogP contribution in [0, 0.1) is 5.92 Å². The third kappa shape index (κ3) is 5.29. The van der Waals surface area contributed by atoms with Crippen molar-refractivity contribution >= 4 is 17.5 Å². The standard InChI is InChI=1S/C14H28ClNO/c1-5-9-12(10-6-2)13(17)16-14(7-3,8-4)11-15/h12H,5-11H2,1-4H3,(H,16,17). The van der Waals surface area contributed by atoms with E-state index in [2.05, 4.69) is 33.0 Å². The lowest BCUT2D eigenvalue weighted by Gasteiger charge is -2.32. The van der Waals surface area contributed by atoms with Gasteiger partial charge in [0.15, 0.2) is 0 Å². The minimum Gasteiger partial charge on any atom is -0.349 e. The van der Waals surface area contributed by atoms with Crippen LogP contribution >= 0.6 is 11.6 Å². The Morgan fingerprint density at radius 2 is 1.59 bits per heavy atom. The highest BCUT2D eigenvalue weighted by atomic mass is 35.5. The van der Waals surface area contributed by atoms with Crippen molar-refractivity contribution in [2.75, 3.05) is 5.88 Å². The summed E-state index contributed by atoms with van der Waals surface area (Å²) in [7, 11) is 0. The third-order valence-electron chi connectivity index (χ3n) is 3.64. The second-order valence-electron chi connectivity index (χ2n) is 4.88. The fraction of sp³-hybridized carbons (Fsp3) is 0.929. The lowest BCUT2D eigenvalue weighted by molar-refractivity contribution is -0.127. The van der Waals surface area contributed by atoms with E-state index in [1.165, 1.54) is 0 Å². The fourth-order valence-electron chi connectivity index (χ4n) is 2.12. The molecule has 0 spiro atoms. The van der Waals surface area contributed by atoms with Crippen LogP contribution in [-0.4, -0.2) is 17.3 Å². The molecule has 2 nitrogen and oxygen atoms in total. The van der Waals surface area contributed by atoms with Gasteiger partial charge in [0, 0.05) is 11.8 Å². The molecule has 102 valence electrons. The number of carbonyl (C=O) groups is 1. The first-order chi connectivity index (χ1) is 8.09. The molecule has 0 radical (unpaired) electrons. The van der Waals surface area contributed by atoms with Crippen LogP contribution in [0.25, 0.3) is 0 Å². The van der Waals surface area contributed by atoms with Gasteiger partial charge in [0.1, 0.15) is 0 Å². The second kappa shape index (κ2) is 8.79. The van der Waals surface area contributed by atoms with Crippen LogP contribution in [-0.2, 0) is 4.79 Å². The maximum absolute atomic E-state index is 12.2. The Hall–Kier alpha value is -0.240. The summed E-state index contributed by atoms with van der Waals surface area (Å²) in [4.78, 5) is 12.2. The molecule has 0 rings (SSSR count). The van der Waals surface area contributed by atoms with Crippen LogP contribution < -0.4 is 5.32 Å². The molecule has 0 fully saturated rings. The summed E-state index contributed by atoms with van der Waals surface area (Å²) in [6.07, 6.45) is 5.86. The number of hydrogen-bond donors (Lipinski definition) is 1. The van der Waals surface area contributed by atoms with Gasteiger partial charge in [-0.15, -0.1) is 11.6 Å². The molecule has 1 N–H and O–H groups in total. The predicted molar refractivity (Wildman–Crippen MR) is 75.5 cm³/mol. The zero-order valence-corrected chi connectivity index (χ0v) is 12.6. The first-order valence-corrected chi connectivity index (χ1v) is 7.50. The van der Waals surface area contributed by atoms with E-state index in [1.54, 1.807) is 0 Å². The second-order valence-corrected chi connectivity index (χ2v) is 5.15. The summed E-state index contributed by atoms with van der Waals surface area (Å²) >= 11 is 6.01. The smallest absolute Gasteiger partial charge is 0.223 e. The quantitative estimate of drug-likeness (QED) is 0.622. The summed E-state index contributed by atoms with van der Waals surface area (Å²) in [5.74, 6) is 0.847. The van der Waals surface area contributed by atoms with Crippen molar-refractivity contribution in [1.29, 1.82) is 0 Å². The van der Waals surface area contributed by atoms with E-state index in [9.17, 15) is 4.79 Å². The van der Waals surface area contributed by atoms with E-state index in [0.29, 0.717) is 5.88 Å². The van der Waals surface area contributed by atoms with Gasteiger partial charge in [-0.3, -0.25) is 4.79 Å². The number of halogens is 1. The molecule has 0 atom stereocenters. The van der Waals surface area contributed by atoms with Crippen LogP contribution in [0.5, 0.6) is 0 Å². The number of rotatable bonds is 9. The average Bonchev–Trinajstić information content (AvgIpc) is 2.35. The van der Waals surface area contributed by atoms with Crippen molar-refractivity contribution < 1.29 is 4.79 Å². The fourth-order valence-corrected chi connectivity index (χ4v) is 2.56. The lowest BCUT2D eigenvalue weighted by atomic mass is 9.91. The van der Waals surface area contributed by atoms with Crippen molar-refractivity contribution in [3.05, 3.63) is 0 Å². The minimum absolute atomic E-state index is 0.158. The molecule has 0 aromatic rings. The molecule has 0 bridgehead atoms. The van der Waals surface area contributed by atoms with Gasteiger partial charge in [-0.2, -0.15) is 0 Å². The first kappa shape index (κ1) is 16.8. The molecular weight excluding hydrogens is 234 g/mol. The Labute approximate surface area is 111 Å². The van der Waals surface area contributed by atoms with Gasteiger partial charge in [-0.1, -0.05) is 40.5 Å². The van der Waals surface area contributed by atoms with E-state index in [4.69, 9.17) is 11.6 Å². The molecule has 3 heteroatoms. The minimum atomic E-state index is -0.210. The Kier molecular flexibility index (Phi) is 8.67. The van der Waals surface area contributed by atoms with Gasteiger partial charge in [0.2, 0.25) is 5.91 Å². The molecule has 0 saturated heterocycles. The molecule has 0 aliphatic heterocycles. The highest BCUT2D eigenvalue weighted by molar-refractivity contribution is 6.18. The molecule has 0 aromatic heterocycles. The van der Waals surface area contributed by atoms with Gasteiger partial charge in [0.25, 0.3) is 0 Å². The van der Waals surface area contributed by atoms with Gasteiger partial charge in [-0.05, 0) is 25.7 Å². The molecular formula is C14H28ClNO. The SMILES string of the molecule is CCCC(CCC)C(=O)NC(CC)(CC)CCl. The monoisotopic (exact) mass is 261 g/mol. The van der Waals surface area contributed by atoms with E-state index in [-0.39, 0.29) is 17.4 Å². The maximum Gasteiger partial charge on any atom is 0.223 e. The van der Waals surface area contributed by atoms with E-state index >= 15 is 0 Å². The number of alkyl halides is 1. The van der Waals surface area contributed by atoms with E-state index < -0.39 is 0 Å². The summed E-state index contributed by atoms with van der Waals surface area (Å²) in [6, 6.07) is 0. The highest BCUT2D eigenvalue weighted by Crippen LogP contribution is 2.20. The van der Waals surface area contributed by atoms with Crippen LogP contribution in [0.1, 0.15) is 66.2 Å². The highest BCUT2D eigenvalue weighted by Gasteiger charge is 2.29. The average molecular weight is 262 g/mol. The largest absolute Gasteiger partial charge is 0.349 e. The molecule has 0 aliphatic rings. The molecule has 0 aromatic carbocycles. The molecule has 1 amide bonds. The Bertz CT molecular complexity index is 200. The zero-order valence-electron chi connectivity index (χ0n) is 11.8. The van der Waals surface area contributed by atoms with Crippen molar-refractivity contribution in [1.82, 2.24) is 5.32 Å². The zero-order chi connectivity index (χ0) is 13.3. The topological polar surface area (TPSA) is 29.1 Å².